The minimum atomic E-state index is -0.0991. The van der Waals surface area contributed by atoms with Crippen molar-refractivity contribution in [3.05, 3.63) is 36.1 Å². The van der Waals surface area contributed by atoms with E-state index in [9.17, 15) is 4.79 Å². The van der Waals surface area contributed by atoms with Gasteiger partial charge in [0, 0.05) is 0 Å². The van der Waals surface area contributed by atoms with E-state index in [2.05, 4.69) is 6.58 Å². The molecule has 0 aromatic carbocycles. The lowest BCUT2D eigenvalue weighted by molar-refractivity contribution is -0.144. The minimum absolute atomic E-state index is 0.0822. The van der Waals surface area contributed by atoms with Crippen LogP contribution < -0.4 is 0 Å². The molecule has 94 valence electrons. The Balaban J connectivity index is 2.55. The van der Waals surface area contributed by atoms with Crippen molar-refractivity contribution in [2.75, 3.05) is 0 Å². The molecule has 0 aliphatic heterocycles. The van der Waals surface area contributed by atoms with E-state index in [1.807, 2.05) is 19.9 Å². The van der Waals surface area contributed by atoms with Gasteiger partial charge in [-0.1, -0.05) is 37.5 Å². The molecule has 17 heavy (non-hydrogen) atoms. The molecule has 0 aromatic rings. The third-order valence-electron chi connectivity index (χ3n) is 2.94. The Morgan fingerprint density at radius 3 is 2.35 bits per heavy atom. The third kappa shape index (κ3) is 5.03. The second-order valence-corrected chi connectivity index (χ2v) is 4.77. The number of hydrogen-bond acceptors (Lipinski definition) is 2. The van der Waals surface area contributed by atoms with Gasteiger partial charge in [0.1, 0.15) is 5.76 Å². The molecule has 0 amide bonds. The number of ether oxygens (including phenoxy) is 1. The van der Waals surface area contributed by atoms with Gasteiger partial charge < -0.3 is 4.74 Å². The molecule has 2 nitrogen and oxygen atoms in total. The van der Waals surface area contributed by atoms with Crippen molar-refractivity contribution in [3.63, 3.8) is 0 Å². The van der Waals surface area contributed by atoms with E-state index < -0.39 is 0 Å². The van der Waals surface area contributed by atoms with Gasteiger partial charge in [-0.25, -0.2) is 0 Å². The molecule has 1 fully saturated rings. The Morgan fingerprint density at radius 1 is 1.18 bits per heavy atom. The van der Waals surface area contributed by atoms with E-state index >= 15 is 0 Å². The smallest absolute Gasteiger partial charge is 0.314 e. The topological polar surface area (TPSA) is 26.3 Å². The summed E-state index contributed by atoms with van der Waals surface area (Å²) in [6.07, 6.45) is 10.7. The highest BCUT2D eigenvalue weighted by molar-refractivity contribution is 5.74. The molecule has 0 N–H and O–H groups in total. The van der Waals surface area contributed by atoms with Crippen LogP contribution in [0.5, 0.6) is 0 Å². The summed E-state index contributed by atoms with van der Waals surface area (Å²) in [6.45, 7) is 7.66. The average Bonchev–Trinajstić information content (AvgIpc) is 2.35. The van der Waals surface area contributed by atoms with Crippen LogP contribution >= 0.6 is 0 Å². The van der Waals surface area contributed by atoms with E-state index in [1.165, 1.54) is 6.42 Å². The first-order valence-electron chi connectivity index (χ1n) is 6.33. The first-order valence-corrected chi connectivity index (χ1v) is 6.33. The number of carbonyl (C=O) groups excluding carboxylic acids is 1. The molecule has 0 heterocycles. The quantitative estimate of drug-likeness (QED) is 0.415. The van der Waals surface area contributed by atoms with Gasteiger partial charge in [0.05, 0.1) is 5.92 Å². The van der Waals surface area contributed by atoms with Crippen molar-refractivity contribution in [1.82, 2.24) is 0 Å². The highest BCUT2D eigenvalue weighted by Crippen LogP contribution is 2.25. The van der Waals surface area contributed by atoms with Crippen molar-refractivity contribution in [1.29, 1.82) is 0 Å². The molecular formula is C15H22O2. The molecule has 1 aliphatic carbocycles. The zero-order valence-electron chi connectivity index (χ0n) is 10.9. The lowest BCUT2D eigenvalue weighted by atomic mass is 9.89. The first kappa shape index (κ1) is 13.8. The fraction of sp³-hybridized carbons (Fsp3) is 0.533. The molecule has 0 aromatic heterocycles. The van der Waals surface area contributed by atoms with Crippen LogP contribution in [0.2, 0.25) is 0 Å². The second-order valence-electron chi connectivity index (χ2n) is 4.77. The van der Waals surface area contributed by atoms with Crippen molar-refractivity contribution in [2.24, 2.45) is 5.92 Å². The fourth-order valence-corrected chi connectivity index (χ4v) is 1.93. The number of allylic oxidation sites excluding steroid dienone is 4. The number of esters is 1. The monoisotopic (exact) mass is 234 g/mol. The van der Waals surface area contributed by atoms with Gasteiger partial charge in [-0.2, -0.15) is 0 Å². The van der Waals surface area contributed by atoms with Crippen LogP contribution in [0.1, 0.15) is 46.0 Å². The molecule has 1 saturated carbocycles. The first-order chi connectivity index (χ1) is 8.13. The molecular weight excluding hydrogens is 212 g/mol. The largest absolute Gasteiger partial charge is 0.426 e. The maximum Gasteiger partial charge on any atom is 0.314 e. The van der Waals surface area contributed by atoms with Gasteiger partial charge in [0.15, 0.2) is 0 Å². The molecule has 0 bridgehead atoms. The van der Waals surface area contributed by atoms with Crippen LogP contribution in [0.3, 0.4) is 0 Å². The highest BCUT2D eigenvalue weighted by Gasteiger charge is 2.22. The van der Waals surface area contributed by atoms with Gasteiger partial charge in [-0.3, -0.25) is 4.79 Å². The molecule has 1 aliphatic rings. The van der Waals surface area contributed by atoms with Crippen LogP contribution in [0.25, 0.3) is 0 Å². The van der Waals surface area contributed by atoms with Crippen molar-refractivity contribution < 1.29 is 9.53 Å². The van der Waals surface area contributed by atoms with E-state index in [0.29, 0.717) is 5.76 Å². The maximum absolute atomic E-state index is 11.9. The summed E-state index contributed by atoms with van der Waals surface area (Å²) < 4.78 is 5.35. The SMILES string of the molecule is C=C/C(=C\C=C(C)C)OC(=O)C1CCCCC1. The van der Waals surface area contributed by atoms with Crippen LogP contribution in [0, 0.1) is 5.92 Å². The summed E-state index contributed by atoms with van der Waals surface area (Å²) in [5, 5.41) is 0. The number of hydrogen-bond donors (Lipinski definition) is 0. The van der Waals surface area contributed by atoms with Crippen LogP contribution in [-0.2, 0) is 9.53 Å². The standard InChI is InChI=1S/C15H22O2/c1-4-14(11-10-12(2)3)17-15(16)13-8-6-5-7-9-13/h4,10-11,13H,1,5-9H2,2-3H3/b14-11+. The fourth-order valence-electron chi connectivity index (χ4n) is 1.93. The molecule has 0 spiro atoms. The lowest BCUT2D eigenvalue weighted by Crippen LogP contribution is -2.19. The highest BCUT2D eigenvalue weighted by atomic mass is 16.5. The molecule has 0 saturated heterocycles. The Bertz CT molecular complexity index is 327. The van der Waals surface area contributed by atoms with Gasteiger partial charge >= 0.3 is 5.97 Å². The Hall–Kier alpha value is -1.31. The predicted octanol–water partition coefficient (Wildman–Crippen LogP) is 4.15. The Kier molecular flexibility index (Phi) is 5.75. The van der Waals surface area contributed by atoms with Gasteiger partial charge in [-0.05, 0) is 38.8 Å². The molecule has 1 rings (SSSR count). The summed E-state index contributed by atoms with van der Waals surface area (Å²) in [7, 11) is 0. The van der Waals surface area contributed by atoms with E-state index in [0.717, 1.165) is 31.3 Å². The summed E-state index contributed by atoms with van der Waals surface area (Å²) in [6, 6.07) is 0. The Morgan fingerprint density at radius 2 is 1.82 bits per heavy atom. The molecule has 0 radical (unpaired) electrons. The lowest BCUT2D eigenvalue weighted by Gasteiger charge is -2.19. The zero-order chi connectivity index (χ0) is 12.7. The maximum atomic E-state index is 11.9. The van der Waals surface area contributed by atoms with Gasteiger partial charge in [0.25, 0.3) is 0 Å². The van der Waals surface area contributed by atoms with E-state index in [-0.39, 0.29) is 11.9 Å². The zero-order valence-corrected chi connectivity index (χ0v) is 10.9. The minimum Gasteiger partial charge on any atom is -0.426 e. The normalized spacial score (nSPS) is 17.4. The van der Waals surface area contributed by atoms with Gasteiger partial charge in [-0.15, -0.1) is 0 Å². The summed E-state index contributed by atoms with van der Waals surface area (Å²) in [5.41, 5.74) is 1.16. The summed E-state index contributed by atoms with van der Waals surface area (Å²) >= 11 is 0. The summed E-state index contributed by atoms with van der Waals surface area (Å²) in [5.74, 6) is 0.526. The van der Waals surface area contributed by atoms with Gasteiger partial charge in [0.2, 0.25) is 0 Å². The average molecular weight is 234 g/mol. The molecule has 0 atom stereocenters. The molecule has 2 heteroatoms. The van der Waals surface area contributed by atoms with Crippen LogP contribution in [-0.4, -0.2) is 5.97 Å². The van der Waals surface area contributed by atoms with Crippen molar-refractivity contribution in [3.8, 4) is 0 Å². The number of rotatable bonds is 4. The predicted molar refractivity (Wildman–Crippen MR) is 70.4 cm³/mol. The van der Waals surface area contributed by atoms with Crippen molar-refractivity contribution >= 4 is 5.97 Å². The van der Waals surface area contributed by atoms with Crippen LogP contribution in [0.4, 0.5) is 0 Å². The second kappa shape index (κ2) is 7.10. The molecule has 0 unspecified atom stereocenters. The van der Waals surface area contributed by atoms with E-state index in [1.54, 1.807) is 12.2 Å². The van der Waals surface area contributed by atoms with Crippen LogP contribution in [0.15, 0.2) is 36.1 Å². The summed E-state index contributed by atoms with van der Waals surface area (Å²) in [4.78, 5) is 11.9. The third-order valence-corrected chi connectivity index (χ3v) is 2.94. The van der Waals surface area contributed by atoms with E-state index in [4.69, 9.17) is 4.74 Å². The van der Waals surface area contributed by atoms with Crippen molar-refractivity contribution in [2.45, 2.75) is 46.0 Å². The Labute approximate surface area is 104 Å². The number of carbonyl (C=O) groups is 1.